The van der Waals surface area contributed by atoms with Crippen LogP contribution < -0.4 is 5.73 Å². The van der Waals surface area contributed by atoms with Gasteiger partial charge >= 0.3 is 0 Å². The number of fused-ring (bicyclic) bond motifs is 2. The van der Waals surface area contributed by atoms with E-state index in [0.29, 0.717) is 5.41 Å². The minimum Gasteiger partial charge on any atom is -0.325 e. The molecule has 3 rings (SSSR count). The fraction of sp³-hybridized carbons (Fsp3) is 1.00. The molecule has 0 amide bonds. The Kier molecular flexibility index (Phi) is 2.81. The largest absolute Gasteiger partial charge is 0.325 e. The predicted molar refractivity (Wildman–Crippen MR) is 72.7 cm³/mol. The average molecular weight is 235 g/mol. The molecule has 0 aromatic rings. The number of rotatable bonds is 1. The molecule has 2 bridgehead atoms. The molecule has 98 valence electrons. The van der Waals surface area contributed by atoms with Crippen LogP contribution >= 0.6 is 0 Å². The van der Waals surface area contributed by atoms with Crippen LogP contribution in [0.1, 0.15) is 71.6 Å². The van der Waals surface area contributed by atoms with E-state index in [0.717, 1.165) is 17.8 Å². The van der Waals surface area contributed by atoms with Crippen molar-refractivity contribution >= 4 is 0 Å². The zero-order valence-corrected chi connectivity index (χ0v) is 11.7. The zero-order chi connectivity index (χ0) is 12.1. The molecule has 3 aliphatic rings. The molecule has 3 aliphatic carbocycles. The van der Waals surface area contributed by atoms with Crippen molar-refractivity contribution in [3.05, 3.63) is 0 Å². The Morgan fingerprint density at radius 1 is 0.941 bits per heavy atom. The van der Waals surface area contributed by atoms with Gasteiger partial charge in [0.05, 0.1) is 0 Å². The Bertz CT molecular complexity index is 296. The highest BCUT2D eigenvalue weighted by Crippen LogP contribution is 2.54. The van der Waals surface area contributed by atoms with Crippen LogP contribution in [-0.2, 0) is 0 Å². The van der Waals surface area contributed by atoms with E-state index in [1.165, 1.54) is 57.8 Å². The second kappa shape index (κ2) is 3.98. The Morgan fingerprint density at radius 2 is 1.76 bits per heavy atom. The lowest BCUT2D eigenvalue weighted by Gasteiger charge is -2.40. The van der Waals surface area contributed by atoms with Gasteiger partial charge in [0.25, 0.3) is 0 Å². The van der Waals surface area contributed by atoms with Crippen LogP contribution in [0.2, 0.25) is 0 Å². The van der Waals surface area contributed by atoms with Crippen molar-refractivity contribution in [1.29, 1.82) is 0 Å². The average Bonchev–Trinajstić information content (AvgIpc) is 2.85. The van der Waals surface area contributed by atoms with E-state index in [-0.39, 0.29) is 5.54 Å². The van der Waals surface area contributed by atoms with Gasteiger partial charge in [0.1, 0.15) is 0 Å². The Labute approximate surface area is 107 Å². The van der Waals surface area contributed by atoms with Crippen molar-refractivity contribution in [2.45, 2.75) is 77.2 Å². The molecule has 17 heavy (non-hydrogen) atoms. The summed E-state index contributed by atoms with van der Waals surface area (Å²) in [7, 11) is 0. The van der Waals surface area contributed by atoms with Crippen LogP contribution in [0.15, 0.2) is 0 Å². The summed E-state index contributed by atoms with van der Waals surface area (Å²) in [6, 6.07) is 0. The van der Waals surface area contributed by atoms with E-state index in [1.807, 2.05) is 0 Å². The van der Waals surface area contributed by atoms with E-state index < -0.39 is 0 Å². The maximum atomic E-state index is 6.87. The van der Waals surface area contributed by atoms with Crippen LogP contribution in [0, 0.1) is 23.2 Å². The number of hydrogen-bond donors (Lipinski definition) is 1. The minimum atomic E-state index is 0.202. The topological polar surface area (TPSA) is 26.0 Å². The predicted octanol–water partition coefficient (Wildman–Crippen LogP) is 4.11. The van der Waals surface area contributed by atoms with Gasteiger partial charge < -0.3 is 5.73 Å². The quantitative estimate of drug-likeness (QED) is 0.680. The first-order valence-electron chi connectivity index (χ1n) is 7.77. The highest BCUT2D eigenvalue weighted by atomic mass is 14.8. The van der Waals surface area contributed by atoms with Gasteiger partial charge in [-0.25, -0.2) is 0 Å². The number of nitrogens with two attached hydrogens (primary N) is 1. The standard InChI is InChI=1S/C16H29N/c1-15(2)6-3-7-16(17,9-8-15)14-11-12-4-5-13(14)10-12/h12-14H,3-11,17H2,1-2H3. The Morgan fingerprint density at radius 3 is 2.41 bits per heavy atom. The van der Waals surface area contributed by atoms with Gasteiger partial charge in [-0.15, -0.1) is 0 Å². The molecular formula is C16H29N. The van der Waals surface area contributed by atoms with Crippen molar-refractivity contribution < 1.29 is 0 Å². The molecule has 0 heterocycles. The van der Waals surface area contributed by atoms with Gasteiger partial charge in [-0.1, -0.05) is 26.7 Å². The van der Waals surface area contributed by atoms with Gasteiger partial charge in [0, 0.05) is 5.54 Å². The third kappa shape index (κ3) is 2.16. The van der Waals surface area contributed by atoms with Gasteiger partial charge in [-0.3, -0.25) is 0 Å². The molecule has 2 N–H and O–H groups in total. The maximum Gasteiger partial charge on any atom is 0.0185 e. The lowest BCUT2D eigenvalue weighted by atomic mass is 9.70. The summed E-state index contributed by atoms with van der Waals surface area (Å²) < 4.78 is 0. The van der Waals surface area contributed by atoms with Gasteiger partial charge in [-0.05, 0) is 68.1 Å². The van der Waals surface area contributed by atoms with Crippen molar-refractivity contribution in [3.63, 3.8) is 0 Å². The van der Waals surface area contributed by atoms with E-state index in [1.54, 1.807) is 0 Å². The summed E-state index contributed by atoms with van der Waals surface area (Å²) in [5, 5.41) is 0. The lowest BCUT2D eigenvalue weighted by molar-refractivity contribution is 0.162. The van der Waals surface area contributed by atoms with Gasteiger partial charge in [-0.2, -0.15) is 0 Å². The van der Waals surface area contributed by atoms with Crippen molar-refractivity contribution in [3.8, 4) is 0 Å². The molecule has 4 unspecified atom stereocenters. The third-order valence-corrected chi connectivity index (χ3v) is 6.24. The van der Waals surface area contributed by atoms with Crippen LogP contribution in [0.25, 0.3) is 0 Å². The third-order valence-electron chi connectivity index (χ3n) is 6.24. The molecule has 1 heteroatoms. The number of hydrogen-bond acceptors (Lipinski definition) is 1. The lowest BCUT2D eigenvalue weighted by Crippen LogP contribution is -2.49. The van der Waals surface area contributed by atoms with E-state index >= 15 is 0 Å². The van der Waals surface area contributed by atoms with E-state index in [2.05, 4.69) is 13.8 Å². The molecule has 0 aliphatic heterocycles. The Hall–Kier alpha value is -0.0400. The summed E-state index contributed by atoms with van der Waals surface area (Å²) in [5.41, 5.74) is 7.61. The molecule has 1 nitrogen and oxygen atoms in total. The summed E-state index contributed by atoms with van der Waals surface area (Å²) in [6.45, 7) is 4.86. The summed E-state index contributed by atoms with van der Waals surface area (Å²) in [5.74, 6) is 2.91. The van der Waals surface area contributed by atoms with Gasteiger partial charge in [0.2, 0.25) is 0 Å². The zero-order valence-electron chi connectivity index (χ0n) is 11.7. The molecule has 3 fully saturated rings. The monoisotopic (exact) mass is 235 g/mol. The highest BCUT2D eigenvalue weighted by Gasteiger charge is 2.49. The summed E-state index contributed by atoms with van der Waals surface area (Å²) in [4.78, 5) is 0. The fourth-order valence-electron chi connectivity index (χ4n) is 5.04. The highest BCUT2D eigenvalue weighted by molar-refractivity contribution is 5.03. The van der Waals surface area contributed by atoms with Crippen molar-refractivity contribution in [2.75, 3.05) is 0 Å². The first kappa shape index (κ1) is 12.0. The smallest absolute Gasteiger partial charge is 0.0185 e. The summed E-state index contributed by atoms with van der Waals surface area (Å²) >= 11 is 0. The van der Waals surface area contributed by atoms with Crippen molar-refractivity contribution in [2.24, 2.45) is 28.9 Å². The SMILES string of the molecule is CC1(C)CCCC(N)(C2CC3CCC2C3)CC1. The molecule has 3 saturated carbocycles. The second-order valence-electron chi connectivity index (χ2n) is 8.03. The molecule has 4 atom stereocenters. The molecule has 0 radical (unpaired) electrons. The molecule has 0 aromatic heterocycles. The van der Waals surface area contributed by atoms with Crippen LogP contribution in [-0.4, -0.2) is 5.54 Å². The normalized spacial score (nSPS) is 49.2. The molecule has 0 aromatic carbocycles. The first-order valence-corrected chi connectivity index (χ1v) is 7.77. The van der Waals surface area contributed by atoms with E-state index in [4.69, 9.17) is 5.73 Å². The van der Waals surface area contributed by atoms with Gasteiger partial charge in [0.15, 0.2) is 0 Å². The van der Waals surface area contributed by atoms with Crippen LogP contribution in [0.4, 0.5) is 0 Å². The Balaban J connectivity index is 1.73. The maximum absolute atomic E-state index is 6.87. The summed E-state index contributed by atoms with van der Waals surface area (Å²) in [6.07, 6.45) is 12.6. The van der Waals surface area contributed by atoms with Crippen LogP contribution in [0.3, 0.4) is 0 Å². The molecular weight excluding hydrogens is 206 g/mol. The molecule has 0 saturated heterocycles. The fourth-order valence-corrected chi connectivity index (χ4v) is 5.04. The van der Waals surface area contributed by atoms with Crippen LogP contribution in [0.5, 0.6) is 0 Å². The van der Waals surface area contributed by atoms with Crippen molar-refractivity contribution in [1.82, 2.24) is 0 Å². The molecule has 0 spiro atoms. The van der Waals surface area contributed by atoms with E-state index in [9.17, 15) is 0 Å². The first-order chi connectivity index (χ1) is 7.99. The second-order valence-corrected chi connectivity index (χ2v) is 8.03. The minimum absolute atomic E-state index is 0.202.